The Morgan fingerprint density at radius 1 is 1.18 bits per heavy atom. The first kappa shape index (κ1) is 19.8. The summed E-state index contributed by atoms with van der Waals surface area (Å²) in [7, 11) is 0. The van der Waals surface area contributed by atoms with Gasteiger partial charge in [0.25, 0.3) is 0 Å². The monoisotopic (exact) mass is 414 g/mol. The molecule has 1 aliphatic heterocycles. The molecule has 28 heavy (non-hydrogen) atoms. The molecule has 1 saturated heterocycles. The molecule has 4 rings (SSSR count). The number of thioether (sulfide) groups is 1. The normalized spacial score (nSPS) is 25.7. The van der Waals surface area contributed by atoms with E-state index >= 15 is 0 Å². The summed E-state index contributed by atoms with van der Waals surface area (Å²) >= 11 is 8.50. The van der Waals surface area contributed by atoms with Gasteiger partial charge in [-0.3, -0.25) is 9.78 Å². The van der Waals surface area contributed by atoms with Crippen LogP contribution in [0.5, 0.6) is 0 Å². The van der Waals surface area contributed by atoms with Gasteiger partial charge in [0.05, 0.1) is 0 Å². The van der Waals surface area contributed by atoms with Crippen molar-refractivity contribution in [3.8, 4) is 0 Å². The van der Waals surface area contributed by atoms with Crippen molar-refractivity contribution in [1.82, 2.24) is 9.88 Å². The molecule has 148 valence electrons. The Kier molecular flexibility index (Phi) is 6.27. The van der Waals surface area contributed by atoms with Gasteiger partial charge in [-0.15, -0.1) is 0 Å². The maximum Gasteiger partial charge on any atom is 0.224 e. The Balaban J connectivity index is 1.52. The molecule has 1 aliphatic carbocycles. The molecule has 1 amide bonds. The average molecular weight is 415 g/mol. The number of benzene rings is 1. The van der Waals surface area contributed by atoms with Crippen LogP contribution in [0.1, 0.15) is 43.2 Å². The number of aromatic nitrogens is 1. The van der Waals surface area contributed by atoms with Crippen LogP contribution in [0.2, 0.25) is 5.02 Å². The van der Waals surface area contributed by atoms with E-state index in [0.717, 1.165) is 35.7 Å². The predicted octanol–water partition coefficient (Wildman–Crippen LogP) is 5.37. The molecule has 2 heterocycles. The minimum atomic E-state index is 0.0570. The first-order chi connectivity index (χ1) is 13.7. The second kappa shape index (κ2) is 8.87. The fourth-order valence-corrected chi connectivity index (χ4v) is 6.58. The highest BCUT2D eigenvalue weighted by atomic mass is 35.5. The smallest absolute Gasteiger partial charge is 0.224 e. The van der Waals surface area contributed by atoms with Gasteiger partial charge in [0.15, 0.2) is 0 Å². The van der Waals surface area contributed by atoms with Gasteiger partial charge in [0.1, 0.15) is 0 Å². The number of carbonyl (C=O) groups excluding carboxylic acids is 1. The molecular formula is C23H27ClN2OS. The van der Waals surface area contributed by atoms with E-state index in [1.807, 2.05) is 40.9 Å². The zero-order chi connectivity index (χ0) is 19.4. The van der Waals surface area contributed by atoms with Crippen LogP contribution in [0.3, 0.4) is 0 Å². The molecule has 0 radical (unpaired) electrons. The van der Waals surface area contributed by atoms with Gasteiger partial charge in [-0.1, -0.05) is 42.6 Å². The summed E-state index contributed by atoms with van der Waals surface area (Å²) in [5.74, 6) is 1.82. The molecule has 0 N–H and O–H groups in total. The van der Waals surface area contributed by atoms with Gasteiger partial charge in [-0.05, 0) is 54.5 Å². The molecule has 2 fully saturated rings. The lowest BCUT2D eigenvalue weighted by Crippen LogP contribution is -2.42. The standard InChI is InChI=1S/C23H27ClN2OS/c24-21-7-2-1-5-19(21)15-20-6-3-4-10-23(20)16-22(27)26(13-14-28-23)17-18-8-11-25-12-9-18/h1-2,5,7-9,11-12,20H,3-4,6,10,13-17H2. The molecule has 1 aromatic heterocycles. The van der Waals surface area contributed by atoms with E-state index in [-0.39, 0.29) is 4.75 Å². The van der Waals surface area contributed by atoms with Gasteiger partial charge >= 0.3 is 0 Å². The number of pyridine rings is 1. The van der Waals surface area contributed by atoms with E-state index in [9.17, 15) is 4.79 Å². The summed E-state index contributed by atoms with van der Waals surface area (Å²) < 4.78 is 0.0570. The summed E-state index contributed by atoms with van der Waals surface area (Å²) in [4.78, 5) is 19.4. The minimum absolute atomic E-state index is 0.0570. The summed E-state index contributed by atoms with van der Waals surface area (Å²) in [5.41, 5.74) is 2.38. The van der Waals surface area contributed by atoms with Crippen molar-refractivity contribution in [2.24, 2.45) is 5.92 Å². The highest BCUT2D eigenvalue weighted by Crippen LogP contribution is 2.49. The Hall–Kier alpha value is -1.52. The second-order valence-electron chi connectivity index (χ2n) is 8.00. The highest BCUT2D eigenvalue weighted by Gasteiger charge is 2.45. The van der Waals surface area contributed by atoms with Crippen LogP contribution in [-0.2, 0) is 17.8 Å². The van der Waals surface area contributed by atoms with Crippen LogP contribution in [-0.4, -0.2) is 32.8 Å². The number of amides is 1. The Morgan fingerprint density at radius 3 is 2.82 bits per heavy atom. The first-order valence-electron chi connectivity index (χ1n) is 10.2. The fourth-order valence-electron chi connectivity index (χ4n) is 4.70. The zero-order valence-corrected chi connectivity index (χ0v) is 17.7. The molecule has 0 bridgehead atoms. The third kappa shape index (κ3) is 4.38. The van der Waals surface area contributed by atoms with Gasteiger partial charge < -0.3 is 4.90 Å². The van der Waals surface area contributed by atoms with E-state index in [1.165, 1.54) is 24.8 Å². The third-order valence-electron chi connectivity index (χ3n) is 6.25. The number of hydrogen-bond acceptors (Lipinski definition) is 3. The molecule has 1 spiro atoms. The molecule has 2 aromatic rings. The highest BCUT2D eigenvalue weighted by molar-refractivity contribution is 8.00. The van der Waals surface area contributed by atoms with Crippen molar-refractivity contribution in [2.75, 3.05) is 12.3 Å². The predicted molar refractivity (Wildman–Crippen MR) is 117 cm³/mol. The van der Waals surface area contributed by atoms with E-state index in [4.69, 9.17) is 11.6 Å². The van der Waals surface area contributed by atoms with Crippen LogP contribution >= 0.6 is 23.4 Å². The number of nitrogens with zero attached hydrogens (tertiary/aromatic N) is 2. The molecule has 1 saturated carbocycles. The molecule has 1 aromatic carbocycles. The lowest BCUT2D eigenvalue weighted by atomic mass is 9.73. The van der Waals surface area contributed by atoms with Crippen molar-refractivity contribution in [3.05, 3.63) is 64.9 Å². The van der Waals surface area contributed by atoms with Crippen molar-refractivity contribution in [3.63, 3.8) is 0 Å². The van der Waals surface area contributed by atoms with E-state index < -0.39 is 0 Å². The molecule has 2 atom stereocenters. The zero-order valence-electron chi connectivity index (χ0n) is 16.1. The summed E-state index contributed by atoms with van der Waals surface area (Å²) in [6.07, 6.45) is 10.0. The van der Waals surface area contributed by atoms with Crippen LogP contribution in [0.4, 0.5) is 0 Å². The Labute approximate surface area is 176 Å². The molecule has 5 heteroatoms. The fraction of sp³-hybridized carbons (Fsp3) is 0.478. The van der Waals surface area contributed by atoms with Gasteiger partial charge in [0.2, 0.25) is 5.91 Å². The van der Waals surface area contributed by atoms with Crippen LogP contribution in [0, 0.1) is 5.92 Å². The summed E-state index contributed by atoms with van der Waals surface area (Å²) in [6.45, 7) is 1.51. The minimum Gasteiger partial charge on any atom is -0.337 e. The average Bonchev–Trinajstić information content (AvgIpc) is 2.86. The SMILES string of the molecule is O=C1CC2(CCCCC2Cc2ccccc2Cl)SCCN1Cc1ccncc1. The maximum absolute atomic E-state index is 13.2. The van der Waals surface area contributed by atoms with Crippen molar-refractivity contribution < 1.29 is 4.79 Å². The molecular weight excluding hydrogens is 388 g/mol. The number of rotatable bonds is 4. The van der Waals surface area contributed by atoms with E-state index in [2.05, 4.69) is 17.1 Å². The first-order valence-corrected chi connectivity index (χ1v) is 11.6. The lowest BCUT2D eigenvalue weighted by molar-refractivity contribution is -0.132. The van der Waals surface area contributed by atoms with Crippen LogP contribution in [0.15, 0.2) is 48.8 Å². The number of carbonyl (C=O) groups is 1. The van der Waals surface area contributed by atoms with Crippen molar-refractivity contribution in [2.45, 2.75) is 49.8 Å². The largest absolute Gasteiger partial charge is 0.337 e. The van der Waals surface area contributed by atoms with Gasteiger partial charge in [-0.2, -0.15) is 11.8 Å². The van der Waals surface area contributed by atoms with Crippen LogP contribution < -0.4 is 0 Å². The summed E-state index contributed by atoms with van der Waals surface area (Å²) in [5, 5.41) is 0.854. The number of hydrogen-bond donors (Lipinski definition) is 0. The third-order valence-corrected chi connectivity index (χ3v) is 8.26. The Bertz CT molecular complexity index is 815. The second-order valence-corrected chi connectivity index (χ2v) is 9.92. The van der Waals surface area contributed by atoms with Crippen LogP contribution in [0.25, 0.3) is 0 Å². The topological polar surface area (TPSA) is 33.2 Å². The molecule has 2 unspecified atom stereocenters. The number of halogens is 1. The lowest BCUT2D eigenvalue weighted by Gasteiger charge is -2.43. The summed E-state index contributed by atoms with van der Waals surface area (Å²) in [6, 6.07) is 12.2. The molecule has 3 nitrogen and oxygen atoms in total. The van der Waals surface area contributed by atoms with Gasteiger partial charge in [-0.25, -0.2) is 0 Å². The Morgan fingerprint density at radius 2 is 2.00 bits per heavy atom. The van der Waals surface area contributed by atoms with Crippen molar-refractivity contribution in [1.29, 1.82) is 0 Å². The van der Waals surface area contributed by atoms with E-state index in [1.54, 1.807) is 12.4 Å². The maximum atomic E-state index is 13.2. The quantitative estimate of drug-likeness (QED) is 0.674. The van der Waals surface area contributed by atoms with E-state index in [0.29, 0.717) is 24.8 Å². The van der Waals surface area contributed by atoms with Gasteiger partial charge in [0, 0.05) is 47.4 Å². The van der Waals surface area contributed by atoms with Crippen molar-refractivity contribution >= 4 is 29.3 Å². The molecule has 2 aliphatic rings.